The predicted octanol–water partition coefficient (Wildman–Crippen LogP) is 2.55. The molecule has 0 spiro atoms. The van der Waals surface area contributed by atoms with E-state index in [2.05, 4.69) is 22.5 Å². The predicted molar refractivity (Wildman–Crippen MR) is 66.2 cm³/mol. The molecule has 0 radical (unpaired) electrons. The third kappa shape index (κ3) is 3.31. The average Bonchev–Trinajstić information content (AvgIpc) is 2.38. The minimum Gasteiger partial charge on any atom is -0.477 e. The fourth-order valence-electron chi connectivity index (χ4n) is 1.96. The number of carbonyl (C=O) groups is 1. The van der Waals surface area contributed by atoms with E-state index < -0.39 is 5.97 Å². The summed E-state index contributed by atoms with van der Waals surface area (Å²) in [6.07, 6.45) is 9.39. The number of rotatable bonds is 4. The second kappa shape index (κ2) is 5.48. The van der Waals surface area contributed by atoms with E-state index in [1.165, 1.54) is 12.6 Å². The number of nitrogens with zero attached hydrogens (tertiary/aromatic N) is 1. The molecule has 90 valence electrons. The lowest BCUT2D eigenvalue weighted by molar-refractivity contribution is 0.0690. The zero-order chi connectivity index (χ0) is 12.1. The molecule has 1 aliphatic rings. The number of hydrogen-bond donors (Lipinski definition) is 2. The number of anilines is 1. The maximum Gasteiger partial charge on any atom is 0.354 e. The van der Waals surface area contributed by atoms with Gasteiger partial charge in [0.05, 0.1) is 0 Å². The quantitative estimate of drug-likeness (QED) is 0.783. The lowest BCUT2D eigenvalue weighted by Gasteiger charge is -2.18. The van der Waals surface area contributed by atoms with Crippen molar-refractivity contribution in [1.29, 1.82) is 0 Å². The Bertz CT molecular complexity index is 429. The second-order valence-electron chi connectivity index (χ2n) is 4.27. The Morgan fingerprint density at radius 2 is 2.41 bits per heavy atom. The Morgan fingerprint density at radius 3 is 3.12 bits per heavy atom. The van der Waals surface area contributed by atoms with E-state index in [4.69, 9.17) is 5.11 Å². The molecule has 0 saturated heterocycles. The Balaban J connectivity index is 1.92. The summed E-state index contributed by atoms with van der Waals surface area (Å²) in [5.41, 5.74) is 0.908. The van der Waals surface area contributed by atoms with Crippen molar-refractivity contribution in [2.45, 2.75) is 19.3 Å². The van der Waals surface area contributed by atoms with Crippen LogP contribution >= 0.6 is 0 Å². The maximum absolute atomic E-state index is 10.8. The van der Waals surface area contributed by atoms with Crippen LogP contribution in [0, 0.1) is 5.92 Å². The van der Waals surface area contributed by atoms with Gasteiger partial charge in [-0.15, -0.1) is 0 Å². The molecule has 1 aliphatic carbocycles. The van der Waals surface area contributed by atoms with Crippen molar-refractivity contribution in [2.75, 3.05) is 11.9 Å². The summed E-state index contributed by atoms with van der Waals surface area (Å²) in [6, 6.07) is 3.37. The third-order valence-corrected chi connectivity index (χ3v) is 2.95. The highest BCUT2D eigenvalue weighted by atomic mass is 16.4. The van der Waals surface area contributed by atoms with E-state index in [-0.39, 0.29) is 5.69 Å². The van der Waals surface area contributed by atoms with Crippen LogP contribution in [0.25, 0.3) is 0 Å². The van der Waals surface area contributed by atoms with Gasteiger partial charge in [-0.25, -0.2) is 9.78 Å². The highest BCUT2D eigenvalue weighted by Crippen LogP contribution is 2.19. The average molecular weight is 232 g/mol. The van der Waals surface area contributed by atoms with Crippen LogP contribution in [0.5, 0.6) is 0 Å². The topological polar surface area (TPSA) is 62.2 Å². The van der Waals surface area contributed by atoms with Gasteiger partial charge >= 0.3 is 5.97 Å². The highest BCUT2D eigenvalue weighted by Gasteiger charge is 2.10. The van der Waals surface area contributed by atoms with Crippen LogP contribution in [0.3, 0.4) is 0 Å². The standard InChI is InChI=1S/C13H16N2O2/c16-13(17)12-8-11(6-7-14-12)15-9-10-4-2-1-3-5-10/h1-2,6-8,10H,3-5,9H2,(H,14,15)(H,16,17). The molecule has 0 amide bonds. The molecule has 4 nitrogen and oxygen atoms in total. The molecule has 2 rings (SSSR count). The van der Waals surface area contributed by atoms with Crippen molar-refractivity contribution in [3.05, 3.63) is 36.2 Å². The first-order chi connectivity index (χ1) is 8.25. The van der Waals surface area contributed by atoms with Crippen LogP contribution in [-0.2, 0) is 0 Å². The van der Waals surface area contributed by atoms with Crippen LogP contribution in [0.2, 0.25) is 0 Å². The van der Waals surface area contributed by atoms with Crippen LogP contribution in [0.15, 0.2) is 30.5 Å². The summed E-state index contributed by atoms with van der Waals surface area (Å²) in [6.45, 7) is 0.882. The fourth-order valence-corrected chi connectivity index (χ4v) is 1.96. The summed E-state index contributed by atoms with van der Waals surface area (Å²) < 4.78 is 0. The van der Waals surface area contributed by atoms with Crippen molar-refractivity contribution in [1.82, 2.24) is 4.98 Å². The summed E-state index contributed by atoms with van der Waals surface area (Å²) in [5.74, 6) is -0.351. The number of carboxylic acids is 1. The van der Waals surface area contributed by atoms with Gasteiger partial charge in [-0.3, -0.25) is 0 Å². The summed E-state index contributed by atoms with van der Waals surface area (Å²) in [5, 5.41) is 12.1. The van der Waals surface area contributed by atoms with Gasteiger partial charge in [0.25, 0.3) is 0 Å². The van der Waals surface area contributed by atoms with Gasteiger partial charge in [-0.1, -0.05) is 12.2 Å². The van der Waals surface area contributed by atoms with E-state index in [9.17, 15) is 4.79 Å². The Morgan fingerprint density at radius 1 is 1.53 bits per heavy atom. The smallest absolute Gasteiger partial charge is 0.354 e. The van der Waals surface area contributed by atoms with Gasteiger partial charge in [0, 0.05) is 18.4 Å². The summed E-state index contributed by atoms with van der Waals surface area (Å²) >= 11 is 0. The van der Waals surface area contributed by atoms with E-state index >= 15 is 0 Å². The molecular weight excluding hydrogens is 216 g/mol. The van der Waals surface area contributed by atoms with E-state index in [0.717, 1.165) is 25.1 Å². The van der Waals surface area contributed by atoms with Gasteiger partial charge in [0.1, 0.15) is 5.69 Å². The number of nitrogens with one attached hydrogen (secondary N) is 1. The number of aromatic nitrogens is 1. The number of carboxylic acid groups (broad SMARTS) is 1. The third-order valence-electron chi connectivity index (χ3n) is 2.95. The van der Waals surface area contributed by atoms with Crippen molar-refractivity contribution in [2.24, 2.45) is 5.92 Å². The molecule has 0 aromatic carbocycles. The van der Waals surface area contributed by atoms with E-state index in [1.807, 2.05) is 0 Å². The number of aromatic carboxylic acids is 1. The minimum atomic E-state index is -0.991. The molecule has 0 saturated carbocycles. The van der Waals surface area contributed by atoms with Crippen molar-refractivity contribution >= 4 is 11.7 Å². The molecule has 0 aliphatic heterocycles. The SMILES string of the molecule is O=C(O)c1cc(NCC2CC=CCC2)ccn1. The van der Waals surface area contributed by atoms with Crippen LogP contribution in [-0.4, -0.2) is 22.6 Å². The molecule has 0 bridgehead atoms. The first-order valence-corrected chi connectivity index (χ1v) is 5.84. The summed E-state index contributed by atoms with van der Waals surface area (Å²) in [7, 11) is 0. The number of allylic oxidation sites excluding steroid dienone is 2. The van der Waals surface area contributed by atoms with E-state index in [1.54, 1.807) is 12.1 Å². The molecule has 2 N–H and O–H groups in total. The Kier molecular flexibility index (Phi) is 3.75. The largest absolute Gasteiger partial charge is 0.477 e. The monoisotopic (exact) mass is 232 g/mol. The molecule has 1 aromatic heterocycles. The van der Waals surface area contributed by atoms with Crippen molar-refractivity contribution < 1.29 is 9.90 Å². The normalized spacial score (nSPS) is 18.9. The molecule has 1 aromatic rings. The van der Waals surface area contributed by atoms with Crippen LogP contribution < -0.4 is 5.32 Å². The minimum absolute atomic E-state index is 0.0820. The molecule has 0 fully saturated rings. The first kappa shape index (κ1) is 11.6. The second-order valence-corrected chi connectivity index (χ2v) is 4.27. The zero-order valence-corrected chi connectivity index (χ0v) is 9.60. The van der Waals surface area contributed by atoms with Crippen molar-refractivity contribution in [3.8, 4) is 0 Å². The molecule has 4 heteroatoms. The number of hydrogen-bond acceptors (Lipinski definition) is 3. The van der Waals surface area contributed by atoms with Crippen LogP contribution in [0.4, 0.5) is 5.69 Å². The van der Waals surface area contributed by atoms with Gasteiger partial charge in [-0.05, 0) is 37.3 Å². The number of pyridine rings is 1. The maximum atomic E-state index is 10.8. The lowest BCUT2D eigenvalue weighted by Crippen LogP contribution is -2.15. The molecule has 1 heterocycles. The highest BCUT2D eigenvalue weighted by molar-refractivity contribution is 5.86. The molecule has 1 unspecified atom stereocenters. The lowest BCUT2D eigenvalue weighted by atomic mass is 9.94. The van der Waals surface area contributed by atoms with Gasteiger partial charge in [-0.2, -0.15) is 0 Å². The molecule has 1 atom stereocenters. The van der Waals surface area contributed by atoms with E-state index in [0.29, 0.717) is 5.92 Å². The van der Waals surface area contributed by atoms with Gasteiger partial charge < -0.3 is 10.4 Å². The van der Waals surface area contributed by atoms with Gasteiger partial charge in [0.15, 0.2) is 0 Å². The zero-order valence-electron chi connectivity index (χ0n) is 9.60. The fraction of sp³-hybridized carbons (Fsp3) is 0.385. The summed E-state index contributed by atoms with van der Waals surface area (Å²) in [4.78, 5) is 14.5. The molecule has 17 heavy (non-hydrogen) atoms. The van der Waals surface area contributed by atoms with Crippen molar-refractivity contribution in [3.63, 3.8) is 0 Å². The Labute approximate surface area is 100 Å². The first-order valence-electron chi connectivity index (χ1n) is 5.84. The van der Waals surface area contributed by atoms with Crippen LogP contribution in [0.1, 0.15) is 29.8 Å². The Hall–Kier alpha value is -1.84. The molecular formula is C13H16N2O2. The van der Waals surface area contributed by atoms with Gasteiger partial charge in [0.2, 0.25) is 0 Å².